The molecule has 0 aliphatic rings. The zero-order chi connectivity index (χ0) is 24.3. The van der Waals surface area contributed by atoms with Crippen LogP contribution >= 0.6 is 0 Å². The highest BCUT2D eigenvalue weighted by molar-refractivity contribution is 6.05. The molecule has 0 saturated heterocycles. The minimum Gasteiger partial charge on any atom is -0.397 e. The van der Waals surface area contributed by atoms with E-state index in [9.17, 15) is 5.11 Å². The molecule has 0 radical (unpaired) electrons. The van der Waals surface area contributed by atoms with E-state index < -0.39 is 6.10 Å². The fourth-order valence-corrected chi connectivity index (χ4v) is 3.55. The quantitative estimate of drug-likeness (QED) is 0.241. The van der Waals surface area contributed by atoms with Crippen molar-refractivity contribution in [1.82, 2.24) is 0 Å². The Kier molecular flexibility index (Phi) is 9.34. The highest BCUT2D eigenvalue weighted by Gasteiger charge is 2.09. The minimum atomic E-state index is -0.835. The molecule has 3 aromatic carbocycles. The van der Waals surface area contributed by atoms with Crippen LogP contribution in [0.2, 0.25) is 0 Å². The van der Waals surface area contributed by atoms with Crippen molar-refractivity contribution in [3.8, 4) is 11.1 Å². The zero-order valence-electron chi connectivity index (χ0n) is 19.7. The normalized spacial score (nSPS) is 12.7. The summed E-state index contributed by atoms with van der Waals surface area (Å²) in [6, 6.07) is 21.9. The van der Waals surface area contributed by atoms with Gasteiger partial charge < -0.3 is 25.1 Å². The predicted molar refractivity (Wildman–Crippen MR) is 136 cm³/mol. The maximum atomic E-state index is 9.57. The van der Waals surface area contributed by atoms with Gasteiger partial charge in [-0.05, 0) is 52.9 Å². The number of hydrogen-bond acceptors (Lipinski definition) is 6. The summed E-state index contributed by atoms with van der Waals surface area (Å²) in [5.41, 5.74) is 7.01. The Morgan fingerprint density at radius 1 is 1.03 bits per heavy atom. The fraction of sp³-hybridized carbons (Fsp3) is 0.259. The van der Waals surface area contributed by atoms with Gasteiger partial charge in [0, 0.05) is 31.1 Å². The number of aryl methyl sites for hydroxylation is 1. The average Bonchev–Trinajstić information content (AvgIpc) is 2.86. The van der Waals surface area contributed by atoms with Crippen LogP contribution in [0.3, 0.4) is 0 Å². The SMILES string of the molecule is COCc1cc(C=N/C(=N\OC)c2cccc(NCC(O)CO)c2)ccc1-c1ccccc1C. The van der Waals surface area contributed by atoms with Crippen molar-refractivity contribution < 1.29 is 19.8 Å². The number of nitrogens with zero attached hydrogens (tertiary/aromatic N) is 2. The molecule has 3 rings (SSSR count). The second kappa shape index (κ2) is 12.6. The lowest BCUT2D eigenvalue weighted by atomic mass is 9.95. The van der Waals surface area contributed by atoms with Gasteiger partial charge in [0.25, 0.3) is 0 Å². The third-order valence-corrected chi connectivity index (χ3v) is 5.25. The van der Waals surface area contributed by atoms with E-state index in [1.54, 1.807) is 13.3 Å². The molecule has 0 amide bonds. The molecule has 3 aromatic rings. The Labute approximate surface area is 200 Å². The number of aliphatic hydroxyl groups excluding tert-OH is 2. The van der Waals surface area contributed by atoms with Crippen LogP contribution in [0, 0.1) is 6.92 Å². The van der Waals surface area contributed by atoms with E-state index in [4.69, 9.17) is 14.7 Å². The molecule has 0 saturated carbocycles. The first-order valence-corrected chi connectivity index (χ1v) is 11.0. The van der Waals surface area contributed by atoms with E-state index in [0.717, 1.165) is 27.9 Å². The lowest BCUT2D eigenvalue weighted by Crippen LogP contribution is -2.23. The van der Waals surface area contributed by atoms with E-state index in [0.29, 0.717) is 12.4 Å². The molecule has 0 spiro atoms. The highest BCUT2D eigenvalue weighted by Crippen LogP contribution is 2.28. The van der Waals surface area contributed by atoms with Crippen molar-refractivity contribution in [2.45, 2.75) is 19.6 Å². The first kappa shape index (κ1) is 25.1. The fourth-order valence-electron chi connectivity index (χ4n) is 3.55. The maximum absolute atomic E-state index is 9.57. The van der Waals surface area contributed by atoms with Gasteiger partial charge in [-0.3, -0.25) is 0 Å². The van der Waals surface area contributed by atoms with Gasteiger partial charge in [0.05, 0.1) is 19.3 Å². The van der Waals surface area contributed by atoms with Crippen LogP contribution in [0.25, 0.3) is 11.1 Å². The van der Waals surface area contributed by atoms with Crippen molar-refractivity contribution >= 4 is 17.7 Å². The molecule has 0 aliphatic carbocycles. The minimum absolute atomic E-state index is 0.232. The van der Waals surface area contributed by atoms with Crippen molar-refractivity contribution in [2.75, 3.05) is 32.7 Å². The van der Waals surface area contributed by atoms with Gasteiger partial charge in [-0.25, -0.2) is 4.99 Å². The summed E-state index contributed by atoms with van der Waals surface area (Å²) in [5, 5.41) is 25.7. The van der Waals surface area contributed by atoms with Gasteiger partial charge in [0.2, 0.25) is 0 Å². The third-order valence-electron chi connectivity index (χ3n) is 5.25. The lowest BCUT2D eigenvalue weighted by molar-refractivity contribution is 0.105. The molecule has 0 aliphatic heterocycles. The Bertz CT molecular complexity index is 1140. The summed E-state index contributed by atoms with van der Waals surface area (Å²) in [5.74, 6) is 0.408. The average molecular weight is 462 g/mol. The van der Waals surface area contributed by atoms with Gasteiger partial charge >= 0.3 is 0 Å². The molecule has 3 N–H and O–H groups in total. The van der Waals surface area contributed by atoms with E-state index >= 15 is 0 Å². The first-order chi connectivity index (χ1) is 16.5. The first-order valence-electron chi connectivity index (χ1n) is 11.0. The van der Waals surface area contributed by atoms with E-state index in [1.807, 2.05) is 42.5 Å². The number of nitrogens with one attached hydrogen (secondary N) is 1. The molecule has 0 bridgehead atoms. The summed E-state index contributed by atoms with van der Waals surface area (Å²) in [7, 11) is 3.16. The van der Waals surface area contributed by atoms with Crippen molar-refractivity contribution in [3.63, 3.8) is 0 Å². The molecule has 34 heavy (non-hydrogen) atoms. The van der Waals surface area contributed by atoms with E-state index in [1.165, 1.54) is 18.2 Å². The summed E-state index contributed by atoms with van der Waals surface area (Å²) in [6.45, 7) is 2.51. The number of amidine groups is 1. The standard InChI is InChI=1S/C27H31N3O4/c1-19-7-4-5-10-25(19)26-12-11-20(13-22(26)18-33-2)15-29-27(30-34-3)21-8-6-9-23(14-21)28-16-24(32)17-31/h4-15,24,28,31-32H,16-18H2,1-3H3/b29-15?,30-27-. The molecular weight excluding hydrogens is 430 g/mol. The van der Waals surface area contributed by atoms with Gasteiger partial charge in [0.15, 0.2) is 5.84 Å². The summed E-state index contributed by atoms with van der Waals surface area (Å²) in [6.07, 6.45) is 0.909. The molecule has 1 unspecified atom stereocenters. The Morgan fingerprint density at radius 2 is 1.85 bits per heavy atom. The Balaban J connectivity index is 1.87. The number of hydrogen-bond donors (Lipinski definition) is 3. The number of aliphatic imine (C=N–C) groups is 1. The number of oxime groups is 1. The Morgan fingerprint density at radius 3 is 2.59 bits per heavy atom. The molecular formula is C27H31N3O4. The molecule has 7 heteroatoms. The van der Waals surface area contributed by atoms with Gasteiger partial charge in [-0.2, -0.15) is 0 Å². The Hall–Kier alpha value is -3.52. The van der Waals surface area contributed by atoms with Crippen molar-refractivity contribution in [1.29, 1.82) is 0 Å². The second-order valence-corrected chi connectivity index (χ2v) is 7.82. The lowest BCUT2D eigenvalue weighted by Gasteiger charge is -2.13. The zero-order valence-corrected chi connectivity index (χ0v) is 19.7. The van der Waals surface area contributed by atoms with Crippen LogP contribution in [-0.2, 0) is 16.2 Å². The molecule has 1 atom stereocenters. The summed E-state index contributed by atoms with van der Waals surface area (Å²) >= 11 is 0. The van der Waals surface area contributed by atoms with E-state index in [2.05, 4.69) is 46.7 Å². The number of aliphatic hydroxyl groups is 2. The van der Waals surface area contributed by atoms with Gasteiger partial charge in [-0.15, -0.1) is 0 Å². The van der Waals surface area contributed by atoms with Crippen LogP contribution in [0.5, 0.6) is 0 Å². The number of rotatable bonds is 10. The molecule has 0 heterocycles. The molecule has 0 fully saturated rings. The number of methoxy groups -OCH3 is 1. The smallest absolute Gasteiger partial charge is 0.198 e. The van der Waals surface area contributed by atoms with Crippen molar-refractivity contribution in [3.05, 3.63) is 89.0 Å². The maximum Gasteiger partial charge on any atom is 0.198 e. The third kappa shape index (κ3) is 6.74. The van der Waals surface area contributed by atoms with E-state index in [-0.39, 0.29) is 13.2 Å². The molecule has 0 aromatic heterocycles. The van der Waals surface area contributed by atoms with Crippen LogP contribution in [0.4, 0.5) is 5.69 Å². The predicted octanol–water partition coefficient (Wildman–Crippen LogP) is 4.00. The topological polar surface area (TPSA) is 95.7 Å². The molecule has 178 valence electrons. The van der Waals surface area contributed by atoms with Gasteiger partial charge in [-0.1, -0.05) is 53.7 Å². The molecule has 7 nitrogen and oxygen atoms in total. The highest BCUT2D eigenvalue weighted by atomic mass is 16.6. The van der Waals surface area contributed by atoms with Crippen LogP contribution in [-0.4, -0.2) is 55.7 Å². The van der Waals surface area contributed by atoms with Crippen LogP contribution in [0.15, 0.2) is 76.9 Å². The monoisotopic (exact) mass is 461 g/mol. The largest absolute Gasteiger partial charge is 0.397 e. The second-order valence-electron chi connectivity index (χ2n) is 7.82. The van der Waals surface area contributed by atoms with Gasteiger partial charge in [0.1, 0.15) is 7.11 Å². The number of anilines is 1. The summed E-state index contributed by atoms with van der Waals surface area (Å²) < 4.78 is 5.45. The number of benzene rings is 3. The van der Waals surface area contributed by atoms with Crippen molar-refractivity contribution in [2.24, 2.45) is 10.1 Å². The van der Waals surface area contributed by atoms with Crippen LogP contribution in [0.1, 0.15) is 22.3 Å². The summed E-state index contributed by atoms with van der Waals surface area (Å²) in [4.78, 5) is 9.59. The van der Waals surface area contributed by atoms with Crippen LogP contribution < -0.4 is 5.32 Å². The number of ether oxygens (including phenoxy) is 1.